The number of rotatable bonds is 2. The van der Waals surface area contributed by atoms with Crippen LogP contribution in [-0.4, -0.2) is 39.5 Å². The van der Waals surface area contributed by atoms with Crippen molar-refractivity contribution in [1.82, 2.24) is 14.6 Å². The van der Waals surface area contributed by atoms with Gasteiger partial charge in [-0.15, -0.1) is 5.06 Å². The lowest BCUT2D eigenvalue weighted by Gasteiger charge is -2.32. The summed E-state index contributed by atoms with van der Waals surface area (Å²) in [6.07, 6.45) is 5.05. The van der Waals surface area contributed by atoms with Gasteiger partial charge in [-0.25, -0.2) is 9.78 Å². The fourth-order valence-corrected chi connectivity index (χ4v) is 2.36. The number of carbonyl (C=O) groups excluding carboxylic acids is 1. The maximum absolute atomic E-state index is 11.6. The molecule has 1 aromatic rings. The van der Waals surface area contributed by atoms with Crippen molar-refractivity contribution in [1.29, 1.82) is 0 Å². The number of piperidine rings is 1. The average molecular weight is 281 g/mol. The summed E-state index contributed by atoms with van der Waals surface area (Å²) in [7, 11) is 0. The molecule has 0 radical (unpaired) electrons. The Morgan fingerprint density at radius 2 is 2.00 bits per heavy atom. The summed E-state index contributed by atoms with van der Waals surface area (Å²) in [5.41, 5.74) is -0.524. The van der Waals surface area contributed by atoms with E-state index in [1.807, 2.05) is 40.1 Å². The Bertz CT molecular complexity index is 456. The van der Waals surface area contributed by atoms with Crippen LogP contribution in [0.2, 0.25) is 0 Å². The van der Waals surface area contributed by atoms with Gasteiger partial charge in [-0.2, -0.15) is 0 Å². The highest BCUT2D eigenvalue weighted by Crippen LogP contribution is 2.24. The molecule has 6 nitrogen and oxygen atoms in total. The normalized spacial score (nSPS) is 18.0. The minimum atomic E-state index is -0.630. The van der Waals surface area contributed by atoms with Crippen LogP contribution in [0.25, 0.3) is 0 Å². The van der Waals surface area contributed by atoms with Crippen molar-refractivity contribution < 1.29 is 14.4 Å². The van der Waals surface area contributed by atoms with Gasteiger partial charge in [-0.3, -0.25) is 0 Å². The van der Waals surface area contributed by atoms with E-state index in [2.05, 4.69) is 9.55 Å². The molecule has 0 amide bonds. The number of ether oxygens (including phenoxy) is 1. The smallest absolute Gasteiger partial charge is 0.427 e. The van der Waals surface area contributed by atoms with Crippen LogP contribution in [0.5, 0.6) is 0 Å². The first kappa shape index (κ1) is 14.8. The van der Waals surface area contributed by atoms with Crippen molar-refractivity contribution in [2.45, 2.75) is 52.2 Å². The number of carbonyl (C=O) groups is 1. The Labute approximate surface area is 119 Å². The van der Waals surface area contributed by atoms with Crippen molar-refractivity contribution in [2.24, 2.45) is 0 Å². The van der Waals surface area contributed by atoms with Gasteiger partial charge < -0.3 is 14.1 Å². The second kappa shape index (κ2) is 5.83. The van der Waals surface area contributed by atoms with Crippen LogP contribution in [0, 0.1) is 6.92 Å². The van der Waals surface area contributed by atoms with Crippen LogP contribution in [0.15, 0.2) is 12.4 Å². The third-order valence-corrected chi connectivity index (χ3v) is 3.27. The van der Waals surface area contributed by atoms with E-state index in [9.17, 15) is 4.79 Å². The monoisotopic (exact) mass is 281 g/mol. The van der Waals surface area contributed by atoms with Gasteiger partial charge in [-0.05, 0) is 40.5 Å². The first-order chi connectivity index (χ1) is 9.35. The summed E-state index contributed by atoms with van der Waals surface area (Å²) < 4.78 is 7.33. The molecule has 20 heavy (non-hydrogen) atoms. The second-order valence-corrected chi connectivity index (χ2v) is 6.10. The summed E-state index contributed by atoms with van der Waals surface area (Å²) in [4.78, 5) is 21.0. The number of nitrogens with zero attached hydrogens (tertiary/aromatic N) is 3. The predicted molar refractivity (Wildman–Crippen MR) is 74.1 cm³/mol. The van der Waals surface area contributed by atoms with Gasteiger partial charge in [0.1, 0.15) is 11.4 Å². The van der Waals surface area contributed by atoms with Crippen molar-refractivity contribution in [3.05, 3.63) is 18.2 Å². The molecule has 0 aliphatic carbocycles. The zero-order valence-electron chi connectivity index (χ0n) is 12.6. The SMILES string of the molecule is Cc1nccn1C1CCN(OC(=O)OC(C)(C)C)CC1. The summed E-state index contributed by atoms with van der Waals surface area (Å²) in [5, 5.41) is 1.68. The van der Waals surface area contributed by atoms with Crippen molar-refractivity contribution >= 4 is 6.16 Å². The van der Waals surface area contributed by atoms with Gasteiger partial charge in [0.25, 0.3) is 0 Å². The third kappa shape index (κ3) is 3.96. The van der Waals surface area contributed by atoms with Gasteiger partial charge in [-0.1, -0.05) is 0 Å². The van der Waals surface area contributed by atoms with E-state index in [1.54, 1.807) is 5.06 Å². The largest absolute Gasteiger partial charge is 0.528 e. The maximum atomic E-state index is 11.6. The molecule has 0 bridgehead atoms. The van der Waals surface area contributed by atoms with Crippen LogP contribution in [0.3, 0.4) is 0 Å². The number of hydrogen-bond donors (Lipinski definition) is 0. The molecule has 2 heterocycles. The van der Waals surface area contributed by atoms with E-state index in [4.69, 9.17) is 9.57 Å². The minimum absolute atomic E-state index is 0.427. The molecule has 0 unspecified atom stereocenters. The number of aryl methyl sites for hydroxylation is 1. The van der Waals surface area contributed by atoms with Gasteiger partial charge in [0.05, 0.1) is 0 Å². The molecular formula is C14H23N3O3. The summed E-state index contributed by atoms with van der Waals surface area (Å²) >= 11 is 0. The number of aromatic nitrogens is 2. The average Bonchev–Trinajstić information content (AvgIpc) is 2.74. The summed E-state index contributed by atoms with van der Waals surface area (Å²) in [6.45, 7) is 8.89. The summed E-state index contributed by atoms with van der Waals surface area (Å²) in [6, 6.07) is 0.427. The van der Waals surface area contributed by atoms with Crippen molar-refractivity contribution in [2.75, 3.05) is 13.1 Å². The molecule has 0 N–H and O–H groups in total. The first-order valence-electron chi connectivity index (χ1n) is 7.00. The molecule has 1 aromatic heterocycles. The van der Waals surface area contributed by atoms with Crippen LogP contribution in [0.4, 0.5) is 4.79 Å². The second-order valence-electron chi connectivity index (χ2n) is 6.10. The highest BCUT2D eigenvalue weighted by Gasteiger charge is 2.26. The van der Waals surface area contributed by atoms with Crippen LogP contribution in [0.1, 0.15) is 45.5 Å². The maximum Gasteiger partial charge on any atom is 0.528 e. The lowest BCUT2D eigenvalue weighted by molar-refractivity contribution is -0.154. The van der Waals surface area contributed by atoms with E-state index in [1.165, 1.54) is 0 Å². The van der Waals surface area contributed by atoms with E-state index < -0.39 is 11.8 Å². The Balaban J connectivity index is 1.80. The molecule has 6 heteroatoms. The van der Waals surface area contributed by atoms with E-state index in [0.717, 1.165) is 18.7 Å². The number of hydroxylamine groups is 2. The molecule has 1 aliphatic heterocycles. The molecule has 1 fully saturated rings. The Hall–Kier alpha value is -1.56. The van der Waals surface area contributed by atoms with Crippen molar-refractivity contribution in [3.8, 4) is 0 Å². The molecule has 0 atom stereocenters. The quantitative estimate of drug-likeness (QED) is 0.780. The van der Waals surface area contributed by atoms with Gasteiger partial charge >= 0.3 is 6.16 Å². The Morgan fingerprint density at radius 3 is 2.50 bits per heavy atom. The van der Waals surface area contributed by atoms with Gasteiger partial charge in [0.15, 0.2) is 0 Å². The molecule has 1 saturated heterocycles. The molecule has 0 spiro atoms. The van der Waals surface area contributed by atoms with Crippen LogP contribution in [-0.2, 0) is 9.57 Å². The van der Waals surface area contributed by atoms with Gasteiger partial charge in [0, 0.05) is 31.5 Å². The zero-order chi connectivity index (χ0) is 14.8. The molecule has 0 saturated carbocycles. The molecule has 2 rings (SSSR count). The number of hydrogen-bond acceptors (Lipinski definition) is 5. The standard InChI is InChI=1S/C14H23N3O3/c1-11-15-7-10-17(11)12-5-8-16(9-6-12)20-13(18)19-14(2,3)4/h7,10,12H,5-6,8-9H2,1-4H3. The fourth-order valence-electron chi connectivity index (χ4n) is 2.36. The van der Waals surface area contributed by atoms with Gasteiger partial charge in [0.2, 0.25) is 0 Å². The molecule has 0 aromatic carbocycles. The van der Waals surface area contributed by atoms with Crippen LogP contribution < -0.4 is 0 Å². The Kier molecular flexibility index (Phi) is 4.32. The van der Waals surface area contributed by atoms with E-state index in [-0.39, 0.29) is 0 Å². The minimum Gasteiger partial charge on any atom is -0.427 e. The fraction of sp³-hybridized carbons (Fsp3) is 0.714. The lowest BCUT2D eigenvalue weighted by atomic mass is 10.1. The van der Waals surface area contributed by atoms with Crippen molar-refractivity contribution in [3.63, 3.8) is 0 Å². The molecule has 112 valence electrons. The third-order valence-electron chi connectivity index (χ3n) is 3.27. The highest BCUT2D eigenvalue weighted by atomic mass is 16.8. The highest BCUT2D eigenvalue weighted by molar-refractivity contribution is 5.60. The van der Waals surface area contributed by atoms with Crippen LogP contribution >= 0.6 is 0 Å². The topological polar surface area (TPSA) is 56.6 Å². The number of imidazole rings is 1. The van der Waals surface area contributed by atoms with E-state index >= 15 is 0 Å². The lowest BCUT2D eigenvalue weighted by Crippen LogP contribution is -2.38. The zero-order valence-corrected chi connectivity index (χ0v) is 12.6. The molecular weight excluding hydrogens is 258 g/mol. The molecule has 1 aliphatic rings. The first-order valence-corrected chi connectivity index (χ1v) is 7.00. The van der Waals surface area contributed by atoms with E-state index in [0.29, 0.717) is 19.1 Å². The predicted octanol–water partition coefficient (Wildman–Crippen LogP) is 2.70. The summed E-state index contributed by atoms with van der Waals surface area (Å²) in [5.74, 6) is 1.02. The Morgan fingerprint density at radius 1 is 1.35 bits per heavy atom.